The van der Waals surface area contributed by atoms with Crippen molar-refractivity contribution >= 4 is 10.9 Å². The minimum atomic E-state index is 1.10. The van der Waals surface area contributed by atoms with Crippen LogP contribution >= 0.6 is 0 Å². The van der Waals surface area contributed by atoms with Crippen LogP contribution in [-0.4, -0.2) is 0 Å². The molecule has 1 heteroatoms. The molecule has 0 unspecified atom stereocenters. The van der Waals surface area contributed by atoms with Gasteiger partial charge in [0.2, 0.25) is 0 Å². The third-order valence-electron chi connectivity index (χ3n) is 1.60. The molecule has 1 aromatic carbocycles. The highest BCUT2D eigenvalue weighted by molar-refractivity contribution is 5.79. The lowest BCUT2D eigenvalue weighted by Gasteiger charge is -1.97. The second-order valence-corrected chi connectivity index (χ2v) is 2.46. The van der Waals surface area contributed by atoms with Crippen LogP contribution in [0.3, 0.4) is 0 Å². The molecule has 2 rings (SSSR count). The van der Waals surface area contributed by atoms with E-state index in [4.69, 9.17) is 0 Å². The smallest absolute Gasteiger partial charge is 0.0419 e. The van der Waals surface area contributed by atoms with Crippen LogP contribution < -0.4 is 4.98 Å². The van der Waals surface area contributed by atoms with Crippen LogP contribution in [0.4, 0.5) is 0 Å². The number of hydrogen-bond acceptors (Lipinski definition) is 0. The molecule has 2 aromatic rings. The fourth-order valence-corrected chi connectivity index (χ4v) is 1.16. The second kappa shape index (κ2) is 1.87. The molecule has 0 aliphatic carbocycles. The molecule has 10 heavy (non-hydrogen) atoms. The zero-order chi connectivity index (χ0) is 6.97. The van der Waals surface area contributed by atoms with E-state index < -0.39 is 0 Å². The molecule has 0 aliphatic rings. The molecule has 0 fully saturated rings. The minimum Gasteiger partial charge on any atom is -0.661 e. The quantitative estimate of drug-likeness (QED) is 0.532. The second-order valence-electron chi connectivity index (χ2n) is 2.46. The summed E-state index contributed by atoms with van der Waals surface area (Å²) in [6, 6.07) is 10.2. The number of hydrogen-bond donors (Lipinski definition) is 0. The van der Waals surface area contributed by atoms with Crippen molar-refractivity contribution in [1.29, 1.82) is 0 Å². The Bertz CT molecular complexity index is 313. The monoisotopic (exact) mass is 130 g/mol. The van der Waals surface area contributed by atoms with E-state index in [1.54, 1.807) is 0 Å². The zero-order valence-electron chi connectivity index (χ0n) is 5.83. The highest BCUT2D eigenvalue weighted by Crippen LogP contribution is 2.11. The first-order valence-corrected chi connectivity index (χ1v) is 3.35. The Morgan fingerprint density at radius 1 is 1.20 bits per heavy atom. The third-order valence-corrected chi connectivity index (χ3v) is 1.60. The van der Waals surface area contributed by atoms with E-state index >= 15 is 0 Å². The van der Waals surface area contributed by atoms with E-state index in [-0.39, 0.29) is 0 Å². The molecule has 0 spiro atoms. The van der Waals surface area contributed by atoms with Crippen molar-refractivity contribution in [3.8, 4) is 0 Å². The molecular weight excluding hydrogens is 122 g/mol. The van der Waals surface area contributed by atoms with Crippen molar-refractivity contribution in [3.05, 3.63) is 36.0 Å². The van der Waals surface area contributed by atoms with Crippen molar-refractivity contribution in [2.24, 2.45) is 0 Å². The molecule has 1 nitrogen and oxygen atoms in total. The fourth-order valence-electron chi connectivity index (χ4n) is 1.16. The van der Waals surface area contributed by atoms with Crippen LogP contribution in [0.25, 0.3) is 10.9 Å². The van der Waals surface area contributed by atoms with Crippen LogP contribution in [0.5, 0.6) is 0 Å². The number of aryl methyl sites for hydroxylation is 1. The molecule has 50 valence electrons. The van der Waals surface area contributed by atoms with Crippen LogP contribution in [0.15, 0.2) is 30.3 Å². The van der Waals surface area contributed by atoms with Gasteiger partial charge in [0, 0.05) is 0 Å². The first kappa shape index (κ1) is 5.54. The van der Waals surface area contributed by atoms with Gasteiger partial charge in [0.25, 0.3) is 0 Å². The van der Waals surface area contributed by atoms with Crippen molar-refractivity contribution in [2.45, 2.75) is 6.92 Å². The van der Waals surface area contributed by atoms with Gasteiger partial charge in [-0.3, -0.25) is 0 Å². The lowest BCUT2D eigenvalue weighted by molar-refractivity contribution is 1.27. The molecule has 0 saturated heterocycles. The van der Waals surface area contributed by atoms with Gasteiger partial charge in [-0.1, -0.05) is 37.3 Å². The summed E-state index contributed by atoms with van der Waals surface area (Å²) in [5, 5.41) is 1.24. The third kappa shape index (κ3) is 0.711. The Kier molecular flexibility index (Phi) is 1.04. The first-order valence-electron chi connectivity index (χ1n) is 3.35. The van der Waals surface area contributed by atoms with Gasteiger partial charge in [0.1, 0.15) is 0 Å². The Morgan fingerprint density at radius 3 is 2.80 bits per heavy atom. The van der Waals surface area contributed by atoms with Crippen LogP contribution in [0, 0.1) is 6.92 Å². The molecule has 0 aliphatic heterocycles. The lowest BCUT2D eigenvalue weighted by atomic mass is 10.2. The normalized spacial score (nSPS) is 10.5. The maximum atomic E-state index is 4.31. The maximum absolute atomic E-state index is 4.31. The summed E-state index contributed by atoms with van der Waals surface area (Å²) in [6.07, 6.45) is 0. The standard InChI is InChI=1S/C9H8N/c1-7-6-8-4-2-3-5-9(8)10-7/h2-6H,1H3/q-1. The highest BCUT2D eigenvalue weighted by atomic mass is 14.7. The highest BCUT2D eigenvalue weighted by Gasteiger charge is 1.82. The van der Waals surface area contributed by atoms with E-state index in [0.29, 0.717) is 0 Å². The van der Waals surface area contributed by atoms with E-state index in [9.17, 15) is 0 Å². The van der Waals surface area contributed by atoms with Crippen molar-refractivity contribution < 1.29 is 0 Å². The summed E-state index contributed by atoms with van der Waals surface area (Å²) in [5.74, 6) is 0. The average molecular weight is 130 g/mol. The molecular formula is C9H8N-. The van der Waals surface area contributed by atoms with Gasteiger partial charge in [-0.2, -0.15) is 5.69 Å². The average Bonchev–Trinajstić information content (AvgIpc) is 2.27. The number of nitrogens with zero attached hydrogens (tertiary/aromatic N) is 1. The summed E-state index contributed by atoms with van der Waals surface area (Å²) in [6.45, 7) is 2.01. The number of aromatic nitrogens is 1. The molecule has 1 heterocycles. The Hall–Kier alpha value is -1.24. The summed E-state index contributed by atoms with van der Waals surface area (Å²) < 4.78 is 0. The molecule has 1 aromatic heterocycles. The topological polar surface area (TPSA) is 14.1 Å². The molecule has 0 amide bonds. The lowest BCUT2D eigenvalue weighted by Crippen LogP contribution is -1.70. The summed E-state index contributed by atoms with van der Waals surface area (Å²) in [4.78, 5) is 4.31. The Labute approximate surface area is 59.7 Å². The van der Waals surface area contributed by atoms with Gasteiger partial charge < -0.3 is 4.98 Å². The molecule has 0 radical (unpaired) electrons. The van der Waals surface area contributed by atoms with E-state index in [1.807, 2.05) is 25.1 Å². The maximum Gasteiger partial charge on any atom is -0.0419 e. The Balaban J connectivity index is 2.88. The largest absolute Gasteiger partial charge is 0.661 e. The minimum absolute atomic E-state index is 1.10. The van der Waals surface area contributed by atoms with Crippen LogP contribution in [0.2, 0.25) is 0 Å². The van der Waals surface area contributed by atoms with Gasteiger partial charge >= 0.3 is 0 Å². The van der Waals surface area contributed by atoms with E-state index in [1.165, 1.54) is 5.39 Å². The van der Waals surface area contributed by atoms with Crippen molar-refractivity contribution in [3.63, 3.8) is 0 Å². The Morgan fingerprint density at radius 2 is 2.00 bits per heavy atom. The van der Waals surface area contributed by atoms with Crippen LogP contribution in [0.1, 0.15) is 5.69 Å². The number of para-hydroxylation sites is 1. The molecule has 0 atom stereocenters. The predicted octanol–water partition coefficient (Wildman–Crippen LogP) is 2.11. The van der Waals surface area contributed by atoms with Gasteiger partial charge in [-0.05, 0) is 5.39 Å². The SMILES string of the molecule is Cc1cc2ccccc2[n-]1. The molecule has 0 bridgehead atoms. The predicted molar refractivity (Wildman–Crippen MR) is 42.0 cm³/mol. The zero-order valence-corrected chi connectivity index (χ0v) is 5.83. The number of benzene rings is 1. The van der Waals surface area contributed by atoms with Gasteiger partial charge in [-0.15, -0.1) is 5.52 Å². The van der Waals surface area contributed by atoms with Crippen molar-refractivity contribution in [1.82, 2.24) is 4.98 Å². The van der Waals surface area contributed by atoms with E-state index in [0.717, 1.165) is 11.2 Å². The number of fused-ring (bicyclic) bond motifs is 1. The first-order chi connectivity index (χ1) is 4.86. The fraction of sp³-hybridized carbons (Fsp3) is 0.111. The number of rotatable bonds is 0. The summed E-state index contributed by atoms with van der Waals surface area (Å²) in [5.41, 5.74) is 2.20. The summed E-state index contributed by atoms with van der Waals surface area (Å²) in [7, 11) is 0. The van der Waals surface area contributed by atoms with Crippen LogP contribution in [-0.2, 0) is 0 Å². The summed E-state index contributed by atoms with van der Waals surface area (Å²) >= 11 is 0. The molecule has 0 N–H and O–H groups in total. The van der Waals surface area contributed by atoms with E-state index in [2.05, 4.69) is 17.1 Å². The van der Waals surface area contributed by atoms with Gasteiger partial charge in [-0.25, -0.2) is 0 Å². The van der Waals surface area contributed by atoms with Crippen molar-refractivity contribution in [2.75, 3.05) is 0 Å². The molecule has 0 saturated carbocycles. The van der Waals surface area contributed by atoms with Gasteiger partial charge in [0.05, 0.1) is 0 Å². The van der Waals surface area contributed by atoms with Gasteiger partial charge in [0.15, 0.2) is 0 Å².